The van der Waals surface area contributed by atoms with Crippen LogP contribution >= 0.6 is 0 Å². The van der Waals surface area contributed by atoms with E-state index in [1.807, 2.05) is 12.1 Å². The molecule has 2 atom stereocenters. The number of hydrogen-bond donors (Lipinski definition) is 4. The highest BCUT2D eigenvalue weighted by Crippen LogP contribution is 2.26. The molecule has 0 saturated heterocycles. The fourth-order valence-corrected chi connectivity index (χ4v) is 4.21. The number of pyridine rings is 2. The first-order valence-corrected chi connectivity index (χ1v) is 12.9. The lowest BCUT2D eigenvalue weighted by atomic mass is 9.90. The highest BCUT2D eigenvalue weighted by molar-refractivity contribution is 5.70. The topological polar surface area (TPSA) is 141 Å². The lowest BCUT2D eigenvalue weighted by Gasteiger charge is -2.21. The number of carbonyl (C=O) groups is 1. The van der Waals surface area contributed by atoms with E-state index in [9.17, 15) is 9.90 Å². The van der Waals surface area contributed by atoms with Gasteiger partial charge in [-0.05, 0) is 55.4 Å². The minimum absolute atomic E-state index is 0.0447. The lowest BCUT2D eigenvalue weighted by Crippen LogP contribution is -2.27. The second kappa shape index (κ2) is 15.0. The van der Waals surface area contributed by atoms with Crippen molar-refractivity contribution in [2.45, 2.75) is 51.0 Å². The summed E-state index contributed by atoms with van der Waals surface area (Å²) >= 11 is 0. The average molecular weight is 514 g/mol. The first-order valence-electron chi connectivity index (χ1n) is 12.9. The number of carbonyl (C=O) groups excluding carboxylic acids is 1. The van der Waals surface area contributed by atoms with Crippen LogP contribution in [0.15, 0.2) is 42.4 Å². The van der Waals surface area contributed by atoms with Gasteiger partial charge in [0, 0.05) is 43.5 Å². The minimum atomic E-state index is -0.422. The SMILES string of the molecule is CCOC(=O)CC(CC(N)/C=C(\NCCO)OCCc1ccc2c(n1)NCCC2)c1ccc(OC)nc1. The molecule has 0 aromatic carbocycles. The molecule has 0 spiro atoms. The predicted molar refractivity (Wildman–Crippen MR) is 141 cm³/mol. The smallest absolute Gasteiger partial charge is 0.306 e. The Bertz CT molecular complexity index is 1010. The summed E-state index contributed by atoms with van der Waals surface area (Å²) in [5, 5.41) is 15.7. The third-order valence-electron chi connectivity index (χ3n) is 6.06. The summed E-state index contributed by atoms with van der Waals surface area (Å²) in [5.41, 5.74) is 9.54. The van der Waals surface area contributed by atoms with E-state index >= 15 is 0 Å². The van der Waals surface area contributed by atoms with E-state index in [4.69, 9.17) is 24.9 Å². The molecule has 3 rings (SSSR count). The molecule has 0 radical (unpaired) electrons. The molecule has 0 aliphatic carbocycles. The van der Waals surface area contributed by atoms with Crippen LogP contribution in [0.4, 0.5) is 5.82 Å². The molecule has 3 heterocycles. The maximum absolute atomic E-state index is 12.3. The van der Waals surface area contributed by atoms with E-state index in [0.29, 0.717) is 44.4 Å². The Morgan fingerprint density at radius 2 is 2.16 bits per heavy atom. The summed E-state index contributed by atoms with van der Waals surface area (Å²) in [5.74, 6) is 1.45. The Kier molecular flexibility index (Phi) is 11.4. The number of nitrogens with one attached hydrogen (secondary N) is 2. The van der Waals surface area contributed by atoms with Crippen molar-refractivity contribution in [3.63, 3.8) is 0 Å². The fourth-order valence-electron chi connectivity index (χ4n) is 4.21. The number of rotatable bonds is 15. The van der Waals surface area contributed by atoms with Crippen LogP contribution in [0.3, 0.4) is 0 Å². The average Bonchev–Trinajstić information content (AvgIpc) is 2.91. The van der Waals surface area contributed by atoms with Crippen molar-refractivity contribution < 1.29 is 24.1 Å². The molecule has 1 aliphatic rings. The lowest BCUT2D eigenvalue weighted by molar-refractivity contribution is -0.143. The number of aliphatic hydroxyl groups is 1. The number of ether oxygens (including phenoxy) is 3. The maximum atomic E-state index is 12.3. The Labute approximate surface area is 218 Å². The monoisotopic (exact) mass is 513 g/mol. The van der Waals surface area contributed by atoms with Gasteiger partial charge in [-0.2, -0.15) is 0 Å². The predicted octanol–water partition coefficient (Wildman–Crippen LogP) is 2.28. The number of aliphatic hydroxyl groups excluding tert-OH is 1. The van der Waals surface area contributed by atoms with Gasteiger partial charge >= 0.3 is 5.97 Å². The van der Waals surface area contributed by atoms with Crippen molar-refractivity contribution in [3.05, 3.63) is 59.2 Å². The van der Waals surface area contributed by atoms with E-state index < -0.39 is 6.04 Å². The third kappa shape index (κ3) is 9.22. The molecule has 0 fully saturated rings. The summed E-state index contributed by atoms with van der Waals surface area (Å²) in [4.78, 5) is 21.2. The summed E-state index contributed by atoms with van der Waals surface area (Å²) < 4.78 is 16.3. The summed E-state index contributed by atoms with van der Waals surface area (Å²) in [6.07, 6.45) is 6.93. The molecule has 5 N–H and O–H groups in total. The Morgan fingerprint density at radius 3 is 2.89 bits per heavy atom. The van der Waals surface area contributed by atoms with Gasteiger partial charge in [-0.1, -0.05) is 12.1 Å². The normalized spacial score (nSPS) is 14.6. The van der Waals surface area contributed by atoms with Crippen LogP contribution in [0.2, 0.25) is 0 Å². The van der Waals surface area contributed by atoms with Gasteiger partial charge in [0.15, 0.2) is 5.88 Å². The van der Waals surface area contributed by atoms with Gasteiger partial charge < -0.3 is 35.7 Å². The second-order valence-electron chi connectivity index (χ2n) is 8.86. The number of anilines is 1. The van der Waals surface area contributed by atoms with E-state index in [2.05, 4.69) is 21.7 Å². The van der Waals surface area contributed by atoms with Crippen LogP contribution in [0, 0.1) is 0 Å². The molecule has 0 bridgehead atoms. The van der Waals surface area contributed by atoms with Crippen molar-refractivity contribution in [2.24, 2.45) is 5.73 Å². The van der Waals surface area contributed by atoms with Crippen LogP contribution < -0.4 is 21.1 Å². The zero-order chi connectivity index (χ0) is 26.5. The molecular formula is C27H39N5O5. The highest BCUT2D eigenvalue weighted by atomic mass is 16.5. The van der Waals surface area contributed by atoms with Crippen molar-refractivity contribution in [1.29, 1.82) is 0 Å². The number of aryl methyl sites for hydroxylation is 1. The Balaban J connectivity index is 1.64. The number of esters is 1. The van der Waals surface area contributed by atoms with Crippen molar-refractivity contribution >= 4 is 11.8 Å². The number of aromatic nitrogens is 2. The minimum Gasteiger partial charge on any atom is -0.481 e. The molecule has 2 aromatic rings. The number of nitrogens with zero attached hydrogens (tertiary/aromatic N) is 2. The molecule has 37 heavy (non-hydrogen) atoms. The van der Waals surface area contributed by atoms with E-state index in [0.717, 1.165) is 36.5 Å². The zero-order valence-electron chi connectivity index (χ0n) is 21.7. The zero-order valence-corrected chi connectivity index (χ0v) is 21.7. The van der Waals surface area contributed by atoms with E-state index in [1.165, 1.54) is 5.56 Å². The molecule has 202 valence electrons. The molecule has 10 nitrogen and oxygen atoms in total. The van der Waals surface area contributed by atoms with Crippen molar-refractivity contribution in [2.75, 3.05) is 45.3 Å². The van der Waals surface area contributed by atoms with Gasteiger partial charge in [-0.3, -0.25) is 4.79 Å². The number of methoxy groups -OCH3 is 1. The largest absolute Gasteiger partial charge is 0.481 e. The number of fused-ring (bicyclic) bond motifs is 1. The Morgan fingerprint density at radius 1 is 1.30 bits per heavy atom. The van der Waals surface area contributed by atoms with Crippen LogP contribution in [0.5, 0.6) is 5.88 Å². The van der Waals surface area contributed by atoms with Crippen LogP contribution in [0.1, 0.15) is 48.9 Å². The van der Waals surface area contributed by atoms with Gasteiger partial charge in [0.2, 0.25) is 5.88 Å². The van der Waals surface area contributed by atoms with E-state index in [1.54, 1.807) is 32.4 Å². The molecule has 1 aliphatic heterocycles. The quantitative estimate of drug-likeness (QED) is 0.207. The molecule has 2 unspecified atom stereocenters. The van der Waals surface area contributed by atoms with Crippen molar-refractivity contribution in [3.8, 4) is 5.88 Å². The summed E-state index contributed by atoms with van der Waals surface area (Å²) in [7, 11) is 1.55. The Hall–Kier alpha value is -3.37. The van der Waals surface area contributed by atoms with Crippen LogP contribution in [-0.2, 0) is 27.1 Å². The van der Waals surface area contributed by atoms with Gasteiger partial charge in [0.25, 0.3) is 0 Å². The van der Waals surface area contributed by atoms with Crippen molar-refractivity contribution in [1.82, 2.24) is 15.3 Å². The molecule has 10 heteroatoms. The van der Waals surface area contributed by atoms with Crippen LogP contribution in [-0.4, -0.2) is 67.1 Å². The molecule has 0 saturated carbocycles. The molecule has 2 aromatic heterocycles. The molecular weight excluding hydrogens is 474 g/mol. The number of hydrogen-bond acceptors (Lipinski definition) is 10. The first-order chi connectivity index (χ1) is 18.0. The number of nitrogens with two attached hydrogens (primary N) is 1. The van der Waals surface area contributed by atoms with E-state index in [-0.39, 0.29) is 24.9 Å². The summed E-state index contributed by atoms with van der Waals surface area (Å²) in [6, 6.07) is 7.38. The first kappa shape index (κ1) is 28.2. The van der Waals surface area contributed by atoms with Gasteiger partial charge in [0.05, 0.1) is 33.4 Å². The van der Waals surface area contributed by atoms with Gasteiger partial charge in [0.1, 0.15) is 5.82 Å². The third-order valence-corrected chi connectivity index (χ3v) is 6.06. The standard InChI is InChI=1S/C27H39N5O5/c1-3-36-26(34)16-21(20-7-9-24(35-2)31-18-20)15-22(28)17-25(29-12-13-33)37-14-10-23-8-6-19-5-4-11-30-27(19)32-23/h6-9,17-18,21-22,29,33H,3-5,10-16,28H2,1-2H3,(H,30,32)/b25-17+. The van der Waals surface area contributed by atoms with Gasteiger partial charge in [-0.25, -0.2) is 9.97 Å². The fraction of sp³-hybridized carbons (Fsp3) is 0.519. The molecule has 0 amide bonds. The second-order valence-corrected chi connectivity index (χ2v) is 8.86. The van der Waals surface area contributed by atoms with Crippen LogP contribution in [0.25, 0.3) is 0 Å². The maximum Gasteiger partial charge on any atom is 0.306 e. The van der Waals surface area contributed by atoms with Gasteiger partial charge in [-0.15, -0.1) is 0 Å². The summed E-state index contributed by atoms with van der Waals surface area (Å²) in [6.45, 7) is 3.72. The highest BCUT2D eigenvalue weighted by Gasteiger charge is 2.21.